The summed E-state index contributed by atoms with van der Waals surface area (Å²) in [5, 5.41) is 18.2. The summed E-state index contributed by atoms with van der Waals surface area (Å²) in [6.45, 7) is 3.90. The highest BCUT2D eigenvalue weighted by molar-refractivity contribution is 7.16. The van der Waals surface area contributed by atoms with Gasteiger partial charge in [-0.3, -0.25) is 9.59 Å². The first-order valence-electron chi connectivity index (χ1n) is 6.64. The Balaban J connectivity index is 3.16. The molecule has 122 valence electrons. The lowest BCUT2D eigenvalue weighted by atomic mass is 10.1. The van der Waals surface area contributed by atoms with Gasteiger partial charge in [-0.1, -0.05) is 0 Å². The minimum absolute atomic E-state index is 0.131. The lowest BCUT2D eigenvalue weighted by molar-refractivity contribution is -0.137. The molecule has 8 heteroatoms. The fourth-order valence-corrected chi connectivity index (χ4v) is 3.15. The Morgan fingerprint density at radius 1 is 1.09 bits per heavy atom. The Bertz CT molecular complexity index is 562. The number of aryl methyl sites for hydroxylation is 1. The number of hydrogen-bond donors (Lipinski definition) is 2. The SMILES string of the molecule is COC(=O)c1c(N(CCC(=O)O)CCC(=O)O)sc(C)c1C. The number of nitrogens with zero attached hydrogens (tertiary/aromatic N) is 1. The van der Waals surface area contributed by atoms with Gasteiger partial charge in [0.15, 0.2) is 0 Å². The molecule has 0 fully saturated rings. The molecule has 0 aliphatic rings. The number of ether oxygens (including phenoxy) is 1. The first-order chi connectivity index (χ1) is 10.3. The topological polar surface area (TPSA) is 104 Å². The van der Waals surface area contributed by atoms with Crippen LogP contribution in [0.2, 0.25) is 0 Å². The summed E-state index contributed by atoms with van der Waals surface area (Å²) in [5.41, 5.74) is 1.14. The Morgan fingerprint density at radius 3 is 2.00 bits per heavy atom. The molecule has 0 bridgehead atoms. The summed E-state index contributed by atoms with van der Waals surface area (Å²) >= 11 is 1.34. The molecule has 22 heavy (non-hydrogen) atoms. The quantitative estimate of drug-likeness (QED) is 0.702. The molecular formula is C14H19NO6S. The van der Waals surface area contributed by atoms with Crippen LogP contribution in [0.25, 0.3) is 0 Å². The molecule has 2 N–H and O–H groups in total. The van der Waals surface area contributed by atoms with Gasteiger partial charge in [0.05, 0.1) is 25.5 Å². The van der Waals surface area contributed by atoms with Crippen LogP contribution in [-0.2, 0) is 14.3 Å². The van der Waals surface area contributed by atoms with Crippen molar-refractivity contribution >= 4 is 34.2 Å². The highest BCUT2D eigenvalue weighted by atomic mass is 32.1. The molecule has 1 aromatic heterocycles. The molecule has 0 aromatic carbocycles. The van der Waals surface area contributed by atoms with Gasteiger partial charge in [0, 0.05) is 18.0 Å². The number of methoxy groups -OCH3 is 1. The van der Waals surface area contributed by atoms with Gasteiger partial charge in [0.1, 0.15) is 5.00 Å². The molecule has 0 spiro atoms. The van der Waals surface area contributed by atoms with E-state index in [2.05, 4.69) is 0 Å². The zero-order chi connectivity index (χ0) is 16.9. The van der Waals surface area contributed by atoms with Gasteiger partial charge in [-0.15, -0.1) is 11.3 Å². The summed E-state index contributed by atoms with van der Waals surface area (Å²) in [7, 11) is 1.28. The van der Waals surface area contributed by atoms with Crippen molar-refractivity contribution in [3.05, 3.63) is 16.0 Å². The Kier molecular flexibility index (Phi) is 6.36. The third kappa shape index (κ3) is 4.45. The summed E-state index contributed by atoms with van der Waals surface area (Å²) < 4.78 is 4.78. The van der Waals surface area contributed by atoms with E-state index in [1.54, 1.807) is 11.8 Å². The normalized spacial score (nSPS) is 10.3. The number of anilines is 1. The number of carboxylic acid groups (broad SMARTS) is 2. The van der Waals surface area contributed by atoms with Crippen molar-refractivity contribution in [2.24, 2.45) is 0 Å². The molecule has 0 amide bonds. The Hall–Kier alpha value is -2.09. The fraction of sp³-hybridized carbons (Fsp3) is 0.500. The second-order valence-corrected chi connectivity index (χ2v) is 5.93. The molecule has 0 radical (unpaired) electrons. The van der Waals surface area contributed by atoms with Crippen LogP contribution in [0.4, 0.5) is 5.00 Å². The van der Waals surface area contributed by atoms with E-state index in [0.29, 0.717) is 10.6 Å². The number of hydrogen-bond acceptors (Lipinski definition) is 6. The van der Waals surface area contributed by atoms with E-state index in [4.69, 9.17) is 14.9 Å². The minimum atomic E-state index is -0.982. The highest BCUT2D eigenvalue weighted by Crippen LogP contribution is 2.36. The summed E-state index contributed by atoms with van der Waals surface area (Å²) in [6, 6.07) is 0. The smallest absolute Gasteiger partial charge is 0.341 e. The van der Waals surface area contributed by atoms with Crippen molar-refractivity contribution in [1.29, 1.82) is 0 Å². The van der Waals surface area contributed by atoms with Crippen LogP contribution in [0.5, 0.6) is 0 Å². The van der Waals surface area contributed by atoms with E-state index in [0.717, 1.165) is 10.4 Å². The molecule has 7 nitrogen and oxygen atoms in total. The van der Waals surface area contributed by atoms with Crippen LogP contribution >= 0.6 is 11.3 Å². The van der Waals surface area contributed by atoms with Crippen LogP contribution in [0.15, 0.2) is 0 Å². The van der Waals surface area contributed by atoms with E-state index < -0.39 is 17.9 Å². The molecule has 0 atom stereocenters. The number of carboxylic acids is 2. The van der Waals surface area contributed by atoms with Crippen LogP contribution in [0, 0.1) is 13.8 Å². The van der Waals surface area contributed by atoms with Gasteiger partial charge in [0.25, 0.3) is 0 Å². The van der Waals surface area contributed by atoms with Crippen molar-refractivity contribution in [1.82, 2.24) is 0 Å². The molecule has 1 aromatic rings. The summed E-state index contributed by atoms with van der Waals surface area (Å²) in [5.74, 6) is -2.47. The number of thiophene rings is 1. The second kappa shape index (κ2) is 7.79. The van der Waals surface area contributed by atoms with Gasteiger partial charge in [-0.25, -0.2) is 4.79 Å². The molecule has 0 aliphatic heterocycles. The van der Waals surface area contributed by atoms with Gasteiger partial charge >= 0.3 is 17.9 Å². The van der Waals surface area contributed by atoms with Crippen molar-refractivity contribution in [3.8, 4) is 0 Å². The second-order valence-electron chi connectivity index (χ2n) is 4.73. The maximum absolute atomic E-state index is 12.0. The van der Waals surface area contributed by atoms with Gasteiger partial charge < -0.3 is 19.8 Å². The monoisotopic (exact) mass is 329 g/mol. The van der Waals surface area contributed by atoms with E-state index in [9.17, 15) is 14.4 Å². The minimum Gasteiger partial charge on any atom is -0.481 e. The predicted octanol–water partition coefficient (Wildman–Crippen LogP) is 1.91. The lowest BCUT2D eigenvalue weighted by Crippen LogP contribution is -2.29. The third-order valence-corrected chi connectivity index (χ3v) is 4.50. The standard InChI is InChI=1S/C14H19NO6S/c1-8-9(2)22-13(12(8)14(20)21-3)15(6-4-10(16)17)7-5-11(18)19/h4-7H2,1-3H3,(H,16,17)(H,18,19). The van der Waals surface area contributed by atoms with Gasteiger partial charge in [-0.05, 0) is 19.4 Å². The van der Waals surface area contributed by atoms with Crippen LogP contribution in [-0.4, -0.2) is 48.3 Å². The number of aliphatic carboxylic acids is 2. The van der Waals surface area contributed by atoms with Crippen molar-refractivity contribution < 1.29 is 29.3 Å². The third-order valence-electron chi connectivity index (χ3n) is 3.23. The Morgan fingerprint density at radius 2 is 1.59 bits per heavy atom. The van der Waals surface area contributed by atoms with E-state index in [1.165, 1.54) is 18.4 Å². The van der Waals surface area contributed by atoms with E-state index in [1.807, 2.05) is 6.92 Å². The molecule has 1 heterocycles. The van der Waals surface area contributed by atoms with Crippen molar-refractivity contribution in [2.45, 2.75) is 26.7 Å². The first kappa shape index (κ1) is 18.0. The molecular weight excluding hydrogens is 310 g/mol. The Labute approximate surface area is 132 Å². The fourth-order valence-electron chi connectivity index (χ4n) is 1.95. The number of carbonyl (C=O) groups is 3. The van der Waals surface area contributed by atoms with Crippen molar-refractivity contribution in [2.75, 3.05) is 25.1 Å². The van der Waals surface area contributed by atoms with Gasteiger partial charge in [0.2, 0.25) is 0 Å². The zero-order valence-corrected chi connectivity index (χ0v) is 13.5. The molecule has 0 saturated carbocycles. The summed E-state index contributed by atoms with van der Waals surface area (Å²) in [6.07, 6.45) is -0.285. The van der Waals surface area contributed by atoms with Gasteiger partial charge in [-0.2, -0.15) is 0 Å². The maximum atomic E-state index is 12.0. The number of rotatable bonds is 8. The average molecular weight is 329 g/mol. The molecule has 1 rings (SSSR count). The van der Waals surface area contributed by atoms with Crippen LogP contribution in [0.3, 0.4) is 0 Å². The molecule has 0 unspecified atom stereocenters. The van der Waals surface area contributed by atoms with Crippen molar-refractivity contribution in [3.63, 3.8) is 0 Å². The zero-order valence-electron chi connectivity index (χ0n) is 12.7. The largest absolute Gasteiger partial charge is 0.481 e. The number of esters is 1. The highest BCUT2D eigenvalue weighted by Gasteiger charge is 2.24. The van der Waals surface area contributed by atoms with E-state index >= 15 is 0 Å². The van der Waals surface area contributed by atoms with Crippen LogP contribution < -0.4 is 4.90 Å². The lowest BCUT2D eigenvalue weighted by Gasteiger charge is -2.23. The predicted molar refractivity (Wildman–Crippen MR) is 81.9 cm³/mol. The molecule has 0 saturated heterocycles. The van der Waals surface area contributed by atoms with Crippen LogP contribution in [0.1, 0.15) is 33.6 Å². The first-order valence-corrected chi connectivity index (χ1v) is 7.46. The average Bonchev–Trinajstić information content (AvgIpc) is 2.73. The molecule has 0 aliphatic carbocycles. The number of carbonyl (C=O) groups excluding carboxylic acids is 1. The summed E-state index contributed by atoms with van der Waals surface area (Å²) in [4.78, 5) is 36.1. The maximum Gasteiger partial charge on any atom is 0.341 e. The van der Waals surface area contributed by atoms with E-state index in [-0.39, 0.29) is 25.9 Å².